The lowest BCUT2D eigenvalue weighted by Crippen LogP contribution is -2.30. The summed E-state index contributed by atoms with van der Waals surface area (Å²) in [5.74, 6) is -0.817. The van der Waals surface area contributed by atoms with Gasteiger partial charge in [-0.25, -0.2) is 0 Å². The number of nitrogens with one attached hydrogen (secondary N) is 1. The highest BCUT2D eigenvalue weighted by molar-refractivity contribution is 5.80. The van der Waals surface area contributed by atoms with Gasteiger partial charge in [0.25, 0.3) is 0 Å². The van der Waals surface area contributed by atoms with Crippen molar-refractivity contribution in [2.75, 3.05) is 0 Å². The number of hydrogen-bond acceptors (Lipinski definition) is 2. The smallest absolute Gasteiger partial charge is 0.315 e. The molecule has 0 atom stereocenters. The Morgan fingerprint density at radius 2 is 2.07 bits per heavy atom. The molecule has 0 bridgehead atoms. The standard InChI is InChI=1S/C11H16N2O2/c1-11(2,10(14)15)9-7-5-3-4-6-8(7)12-13-9/h3-6H2,1-2H3,(H,12,13)(H,14,15). The maximum Gasteiger partial charge on any atom is 0.315 e. The minimum absolute atomic E-state index is 0.713. The molecular formula is C11H16N2O2. The number of rotatable bonds is 2. The number of carboxylic acids is 1. The molecule has 2 rings (SSSR count). The third-order valence-electron chi connectivity index (χ3n) is 3.18. The summed E-state index contributed by atoms with van der Waals surface area (Å²) < 4.78 is 0. The first-order valence-electron chi connectivity index (χ1n) is 5.33. The van der Waals surface area contributed by atoms with Crippen molar-refractivity contribution in [1.29, 1.82) is 0 Å². The summed E-state index contributed by atoms with van der Waals surface area (Å²) in [5, 5.41) is 16.3. The largest absolute Gasteiger partial charge is 0.481 e. The fraction of sp³-hybridized carbons (Fsp3) is 0.636. The zero-order valence-electron chi connectivity index (χ0n) is 9.13. The monoisotopic (exact) mass is 208 g/mol. The molecule has 0 radical (unpaired) electrons. The number of carboxylic acid groups (broad SMARTS) is 1. The fourth-order valence-electron chi connectivity index (χ4n) is 2.10. The molecule has 4 nitrogen and oxygen atoms in total. The Morgan fingerprint density at radius 1 is 1.40 bits per heavy atom. The lowest BCUT2D eigenvalue weighted by atomic mass is 9.83. The van der Waals surface area contributed by atoms with E-state index in [2.05, 4.69) is 10.2 Å². The van der Waals surface area contributed by atoms with Gasteiger partial charge in [0.05, 0.1) is 5.69 Å². The van der Waals surface area contributed by atoms with Gasteiger partial charge in [0.15, 0.2) is 0 Å². The fourth-order valence-corrected chi connectivity index (χ4v) is 2.10. The Hall–Kier alpha value is -1.32. The Balaban J connectivity index is 2.45. The van der Waals surface area contributed by atoms with Crippen LogP contribution in [0.3, 0.4) is 0 Å². The van der Waals surface area contributed by atoms with E-state index in [4.69, 9.17) is 5.11 Å². The van der Waals surface area contributed by atoms with Crippen molar-refractivity contribution in [1.82, 2.24) is 10.2 Å². The molecule has 0 aliphatic heterocycles. The molecular weight excluding hydrogens is 192 g/mol. The molecule has 1 aliphatic carbocycles. The topological polar surface area (TPSA) is 66.0 Å². The first-order valence-corrected chi connectivity index (χ1v) is 5.33. The lowest BCUT2D eigenvalue weighted by molar-refractivity contribution is -0.142. The van der Waals surface area contributed by atoms with Crippen LogP contribution in [-0.4, -0.2) is 21.3 Å². The highest BCUT2D eigenvalue weighted by Gasteiger charge is 2.35. The lowest BCUT2D eigenvalue weighted by Gasteiger charge is -2.20. The molecule has 1 aliphatic rings. The van der Waals surface area contributed by atoms with E-state index in [1.54, 1.807) is 13.8 Å². The zero-order valence-corrected chi connectivity index (χ0v) is 9.13. The number of aryl methyl sites for hydroxylation is 1. The molecule has 0 amide bonds. The van der Waals surface area contributed by atoms with E-state index < -0.39 is 11.4 Å². The molecule has 0 aromatic carbocycles. The van der Waals surface area contributed by atoms with Crippen LogP contribution in [0.2, 0.25) is 0 Å². The molecule has 1 aromatic rings. The van der Waals surface area contributed by atoms with E-state index in [0.717, 1.165) is 30.5 Å². The van der Waals surface area contributed by atoms with Gasteiger partial charge in [-0.15, -0.1) is 0 Å². The maximum atomic E-state index is 11.2. The average molecular weight is 208 g/mol. The highest BCUT2D eigenvalue weighted by atomic mass is 16.4. The molecule has 0 saturated heterocycles. The summed E-state index contributed by atoms with van der Waals surface area (Å²) in [6.45, 7) is 3.42. The van der Waals surface area contributed by atoms with Gasteiger partial charge in [-0.3, -0.25) is 9.89 Å². The SMILES string of the molecule is CC(C)(C(=O)O)c1n[nH]c2c1CCCC2. The van der Waals surface area contributed by atoms with E-state index in [1.807, 2.05) is 0 Å². The molecule has 0 saturated carbocycles. The number of aliphatic carboxylic acids is 1. The van der Waals surface area contributed by atoms with E-state index in [9.17, 15) is 4.79 Å². The van der Waals surface area contributed by atoms with Gasteiger partial charge in [0.1, 0.15) is 5.41 Å². The molecule has 0 fully saturated rings. The van der Waals surface area contributed by atoms with Gasteiger partial charge in [-0.05, 0) is 45.1 Å². The van der Waals surface area contributed by atoms with Crippen molar-refractivity contribution in [2.24, 2.45) is 0 Å². The Morgan fingerprint density at radius 3 is 2.73 bits per heavy atom. The van der Waals surface area contributed by atoms with Gasteiger partial charge in [0.2, 0.25) is 0 Å². The van der Waals surface area contributed by atoms with E-state index in [-0.39, 0.29) is 0 Å². The zero-order chi connectivity index (χ0) is 11.1. The van der Waals surface area contributed by atoms with Crippen LogP contribution < -0.4 is 0 Å². The van der Waals surface area contributed by atoms with Crippen LogP contribution in [-0.2, 0) is 23.1 Å². The number of H-pyrrole nitrogens is 1. The second-order valence-electron chi connectivity index (χ2n) is 4.67. The van der Waals surface area contributed by atoms with Crippen molar-refractivity contribution < 1.29 is 9.90 Å². The normalized spacial score (nSPS) is 16.1. The van der Waals surface area contributed by atoms with Gasteiger partial charge >= 0.3 is 5.97 Å². The van der Waals surface area contributed by atoms with Crippen LogP contribution in [0, 0.1) is 0 Å². The van der Waals surface area contributed by atoms with Crippen molar-refractivity contribution in [3.63, 3.8) is 0 Å². The Labute approximate surface area is 88.7 Å². The first kappa shape index (κ1) is 10.2. The number of aromatic amines is 1. The Bertz CT molecular complexity index is 393. The molecule has 0 spiro atoms. The van der Waals surface area contributed by atoms with E-state index in [0.29, 0.717) is 5.69 Å². The second-order valence-corrected chi connectivity index (χ2v) is 4.67. The summed E-state index contributed by atoms with van der Waals surface area (Å²) in [7, 11) is 0. The number of nitrogens with zero attached hydrogens (tertiary/aromatic N) is 1. The summed E-state index contributed by atoms with van der Waals surface area (Å²) >= 11 is 0. The number of aromatic nitrogens is 2. The summed E-state index contributed by atoms with van der Waals surface area (Å²) in [6, 6.07) is 0. The summed E-state index contributed by atoms with van der Waals surface area (Å²) in [5.41, 5.74) is 2.09. The first-order chi connectivity index (χ1) is 7.03. The van der Waals surface area contributed by atoms with Gasteiger partial charge in [-0.2, -0.15) is 5.10 Å². The van der Waals surface area contributed by atoms with Crippen molar-refractivity contribution in [3.8, 4) is 0 Å². The van der Waals surface area contributed by atoms with Crippen LogP contribution in [0.25, 0.3) is 0 Å². The van der Waals surface area contributed by atoms with Crippen LogP contribution in [0.4, 0.5) is 0 Å². The molecule has 4 heteroatoms. The second kappa shape index (κ2) is 3.36. The predicted octanol–water partition coefficient (Wildman–Crippen LogP) is 1.65. The van der Waals surface area contributed by atoms with Gasteiger partial charge in [0, 0.05) is 5.69 Å². The average Bonchev–Trinajstić information content (AvgIpc) is 2.61. The molecule has 1 aromatic heterocycles. The van der Waals surface area contributed by atoms with Gasteiger partial charge in [-0.1, -0.05) is 0 Å². The number of carbonyl (C=O) groups is 1. The number of fused-ring (bicyclic) bond motifs is 1. The predicted molar refractivity (Wildman–Crippen MR) is 55.9 cm³/mol. The Kier molecular flexibility index (Phi) is 2.29. The maximum absolute atomic E-state index is 11.2. The third-order valence-corrected chi connectivity index (χ3v) is 3.18. The highest BCUT2D eigenvalue weighted by Crippen LogP contribution is 2.30. The summed E-state index contributed by atoms with van der Waals surface area (Å²) in [4.78, 5) is 11.2. The van der Waals surface area contributed by atoms with Crippen molar-refractivity contribution in [3.05, 3.63) is 17.0 Å². The molecule has 1 heterocycles. The van der Waals surface area contributed by atoms with Crippen LogP contribution in [0.5, 0.6) is 0 Å². The van der Waals surface area contributed by atoms with Crippen LogP contribution in [0.1, 0.15) is 43.6 Å². The van der Waals surface area contributed by atoms with Crippen LogP contribution in [0.15, 0.2) is 0 Å². The van der Waals surface area contributed by atoms with Crippen molar-refractivity contribution >= 4 is 5.97 Å². The minimum Gasteiger partial charge on any atom is -0.481 e. The van der Waals surface area contributed by atoms with Gasteiger partial charge < -0.3 is 5.11 Å². The summed E-state index contributed by atoms with van der Waals surface area (Å²) in [6.07, 6.45) is 4.26. The van der Waals surface area contributed by atoms with E-state index >= 15 is 0 Å². The molecule has 0 unspecified atom stereocenters. The van der Waals surface area contributed by atoms with E-state index in [1.165, 1.54) is 6.42 Å². The third kappa shape index (κ3) is 1.54. The quantitative estimate of drug-likeness (QED) is 0.776. The number of hydrogen-bond donors (Lipinski definition) is 2. The molecule has 82 valence electrons. The van der Waals surface area contributed by atoms with Crippen LogP contribution >= 0.6 is 0 Å². The molecule has 2 N–H and O–H groups in total. The molecule has 15 heavy (non-hydrogen) atoms. The van der Waals surface area contributed by atoms with Crippen molar-refractivity contribution in [2.45, 2.75) is 44.9 Å². The minimum atomic E-state index is -0.887.